The Morgan fingerprint density at radius 3 is 3.00 bits per heavy atom. The molecule has 5 heteroatoms. The van der Waals surface area contributed by atoms with Crippen molar-refractivity contribution in [3.8, 4) is 0 Å². The van der Waals surface area contributed by atoms with Crippen molar-refractivity contribution in [1.82, 2.24) is 9.55 Å². The fraction of sp³-hybridized carbons (Fsp3) is 0.308. The fourth-order valence-corrected chi connectivity index (χ4v) is 2.27. The van der Waals surface area contributed by atoms with Crippen LogP contribution in [0.3, 0.4) is 0 Å². The molecule has 0 aliphatic rings. The molecule has 18 heavy (non-hydrogen) atoms. The molecular formula is C13H15FIN3. The Morgan fingerprint density at radius 1 is 1.44 bits per heavy atom. The number of hydrogen-bond donors (Lipinski definition) is 1. The highest BCUT2D eigenvalue weighted by Crippen LogP contribution is 2.22. The molecular weight excluding hydrogens is 344 g/mol. The molecule has 1 N–H and O–H groups in total. The van der Waals surface area contributed by atoms with Crippen molar-refractivity contribution in [1.29, 1.82) is 0 Å². The predicted molar refractivity (Wildman–Crippen MR) is 79.5 cm³/mol. The first-order valence-corrected chi connectivity index (χ1v) is 7.02. The van der Waals surface area contributed by atoms with Crippen molar-refractivity contribution >= 4 is 34.2 Å². The monoisotopic (exact) mass is 359 g/mol. The summed E-state index contributed by atoms with van der Waals surface area (Å²) in [6, 6.07) is 4.68. The van der Waals surface area contributed by atoms with Gasteiger partial charge in [-0.25, -0.2) is 9.37 Å². The second kappa shape index (κ2) is 6.17. The maximum absolute atomic E-state index is 13.0. The maximum atomic E-state index is 13.0. The van der Waals surface area contributed by atoms with Crippen molar-refractivity contribution in [2.24, 2.45) is 0 Å². The molecule has 0 aliphatic carbocycles. The highest BCUT2D eigenvalue weighted by molar-refractivity contribution is 14.1. The first kappa shape index (κ1) is 13.3. The Kier molecular flexibility index (Phi) is 4.57. The lowest BCUT2D eigenvalue weighted by atomic mass is 10.3. The number of aryl methyl sites for hydroxylation is 1. The molecule has 0 spiro atoms. The maximum Gasteiger partial charge on any atom is 0.207 e. The molecule has 0 saturated carbocycles. The van der Waals surface area contributed by atoms with E-state index in [-0.39, 0.29) is 5.82 Å². The Labute approximate surface area is 120 Å². The summed E-state index contributed by atoms with van der Waals surface area (Å²) >= 11 is 2.11. The summed E-state index contributed by atoms with van der Waals surface area (Å²) < 4.78 is 15.9. The zero-order valence-electron chi connectivity index (χ0n) is 10.2. The van der Waals surface area contributed by atoms with Gasteiger partial charge in [0, 0.05) is 22.5 Å². The van der Waals surface area contributed by atoms with Crippen LogP contribution in [0.1, 0.15) is 19.8 Å². The molecule has 2 rings (SSSR count). The average molecular weight is 359 g/mol. The molecule has 0 amide bonds. The lowest BCUT2D eigenvalue weighted by Crippen LogP contribution is -2.04. The van der Waals surface area contributed by atoms with E-state index < -0.39 is 0 Å². The van der Waals surface area contributed by atoms with E-state index in [4.69, 9.17) is 0 Å². The number of halogens is 2. The molecule has 96 valence electrons. The van der Waals surface area contributed by atoms with Crippen LogP contribution in [0.4, 0.5) is 16.0 Å². The Bertz CT molecular complexity index is 525. The number of benzene rings is 1. The van der Waals surface area contributed by atoms with E-state index in [1.54, 1.807) is 12.3 Å². The largest absolute Gasteiger partial charge is 0.325 e. The van der Waals surface area contributed by atoms with Crippen LogP contribution in [-0.2, 0) is 6.54 Å². The van der Waals surface area contributed by atoms with Crippen molar-refractivity contribution in [2.45, 2.75) is 26.3 Å². The third kappa shape index (κ3) is 3.22. The van der Waals surface area contributed by atoms with Crippen LogP contribution in [0.2, 0.25) is 0 Å². The normalized spacial score (nSPS) is 10.6. The molecule has 1 heterocycles. The average Bonchev–Trinajstić information content (AvgIpc) is 2.77. The van der Waals surface area contributed by atoms with Crippen molar-refractivity contribution in [2.75, 3.05) is 5.32 Å². The van der Waals surface area contributed by atoms with Gasteiger partial charge in [-0.15, -0.1) is 0 Å². The Balaban J connectivity index is 2.15. The van der Waals surface area contributed by atoms with Gasteiger partial charge in [0.1, 0.15) is 5.82 Å². The van der Waals surface area contributed by atoms with Crippen LogP contribution in [0.25, 0.3) is 0 Å². The van der Waals surface area contributed by atoms with E-state index in [9.17, 15) is 4.39 Å². The first-order chi connectivity index (χ1) is 8.70. The number of imidazole rings is 1. The van der Waals surface area contributed by atoms with Crippen molar-refractivity contribution < 1.29 is 4.39 Å². The SMILES string of the molecule is CCCCn1ccnc1Nc1ccc(F)cc1I. The Hall–Kier alpha value is -1.11. The van der Waals surface area contributed by atoms with E-state index in [0.29, 0.717) is 0 Å². The van der Waals surface area contributed by atoms with Crippen molar-refractivity contribution in [3.63, 3.8) is 0 Å². The highest BCUT2D eigenvalue weighted by Gasteiger charge is 2.06. The van der Waals surface area contributed by atoms with Gasteiger partial charge in [-0.1, -0.05) is 13.3 Å². The molecule has 0 bridgehead atoms. The lowest BCUT2D eigenvalue weighted by molar-refractivity contribution is 0.626. The van der Waals surface area contributed by atoms with E-state index >= 15 is 0 Å². The van der Waals surface area contributed by atoms with Crippen LogP contribution >= 0.6 is 22.6 Å². The number of unbranched alkanes of at least 4 members (excludes halogenated alkanes) is 1. The molecule has 0 radical (unpaired) electrons. The number of nitrogens with one attached hydrogen (secondary N) is 1. The highest BCUT2D eigenvalue weighted by atomic mass is 127. The zero-order chi connectivity index (χ0) is 13.0. The smallest absolute Gasteiger partial charge is 0.207 e. The minimum atomic E-state index is -0.223. The summed E-state index contributed by atoms with van der Waals surface area (Å²) in [6.45, 7) is 3.10. The molecule has 0 fully saturated rings. The summed E-state index contributed by atoms with van der Waals surface area (Å²) in [7, 11) is 0. The second-order valence-electron chi connectivity index (χ2n) is 4.05. The summed E-state index contributed by atoms with van der Waals surface area (Å²) in [5.74, 6) is 0.576. The summed E-state index contributed by atoms with van der Waals surface area (Å²) in [4.78, 5) is 4.28. The molecule has 0 saturated heterocycles. The van der Waals surface area contributed by atoms with Crippen LogP contribution in [0, 0.1) is 9.39 Å². The minimum Gasteiger partial charge on any atom is -0.325 e. The third-order valence-electron chi connectivity index (χ3n) is 2.65. The Morgan fingerprint density at radius 2 is 2.28 bits per heavy atom. The van der Waals surface area contributed by atoms with Gasteiger partial charge in [0.05, 0.1) is 5.69 Å². The second-order valence-corrected chi connectivity index (χ2v) is 5.21. The third-order valence-corrected chi connectivity index (χ3v) is 3.54. The molecule has 0 atom stereocenters. The van der Waals surface area contributed by atoms with E-state index in [1.165, 1.54) is 12.1 Å². The van der Waals surface area contributed by atoms with Gasteiger partial charge in [-0.05, 0) is 47.2 Å². The lowest BCUT2D eigenvalue weighted by Gasteiger charge is -2.10. The summed E-state index contributed by atoms with van der Waals surface area (Å²) in [5.41, 5.74) is 0.876. The molecule has 3 nitrogen and oxygen atoms in total. The van der Waals surface area contributed by atoms with Gasteiger partial charge in [0.15, 0.2) is 0 Å². The zero-order valence-corrected chi connectivity index (χ0v) is 12.3. The van der Waals surface area contributed by atoms with E-state index in [2.05, 4.69) is 44.4 Å². The van der Waals surface area contributed by atoms with Gasteiger partial charge >= 0.3 is 0 Å². The predicted octanol–water partition coefficient (Wildman–Crippen LogP) is 4.17. The first-order valence-electron chi connectivity index (χ1n) is 5.94. The van der Waals surface area contributed by atoms with Gasteiger partial charge in [0.25, 0.3) is 0 Å². The van der Waals surface area contributed by atoms with Crippen LogP contribution in [-0.4, -0.2) is 9.55 Å². The van der Waals surface area contributed by atoms with Crippen LogP contribution < -0.4 is 5.32 Å². The molecule has 2 aromatic rings. The quantitative estimate of drug-likeness (QED) is 0.813. The summed E-state index contributed by atoms with van der Waals surface area (Å²) in [6.07, 6.45) is 5.99. The number of rotatable bonds is 5. The van der Waals surface area contributed by atoms with Crippen molar-refractivity contribution in [3.05, 3.63) is 40.0 Å². The minimum absolute atomic E-state index is 0.223. The standard InChI is InChI=1S/C13H15FIN3/c1-2-3-7-18-8-6-16-13(18)17-12-5-4-10(14)9-11(12)15/h4-6,8-9H,2-3,7H2,1H3,(H,16,17). The molecule has 1 aromatic heterocycles. The van der Waals surface area contributed by atoms with E-state index in [0.717, 1.165) is 34.6 Å². The number of hydrogen-bond acceptors (Lipinski definition) is 2. The fourth-order valence-electron chi connectivity index (χ4n) is 1.65. The molecule has 1 aromatic carbocycles. The van der Waals surface area contributed by atoms with Gasteiger partial charge in [-0.2, -0.15) is 0 Å². The molecule has 0 aliphatic heterocycles. The van der Waals surface area contributed by atoms with E-state index in [1.807, 2.05) is 6.20 Å². The number of anilines is 2. The van der Waals surface area contributed by atoms with Crippen LogP contribution in [0.15, 0.2) is 30.6 Å². The van der Waals surface area contributed by atoms with Gasteiger partial charge < -0.3 is 9.88 Å². The van der Waals surface area contributed by atoms with Gasteiger partial charge in [-0.3, -0.25) is 0 Å². The van der Waals surface area contributed by atoms with Gasteiger partial charge in [0.2, 0.25) is 5.95 Å². The number of nitrogens with zero attached hydrogens (tertiary/aromatic N) is 2. The topological polar surface area (TPSA) is 29.9 Å². The summed E-state index contributed by atoms with van der Waals surface area (Å²) in [5, 5.41) is 3.23. The molecule has 0 unspecified atom stereocenters. The van der Waals surface area contributed by atoms with Crippen LogP contribution in [0.5, 0.6) is 0 Å². The number of aromatic nitrogens is 2.